The van der Waals surface area contributed by atoms with Crippen molar-refractivity contribution in [3.8, 4) is 0 Å². The Morgan fingerprint density at radius 2 is 1.90 bits per heavy atom. The summed E-state index contributed by atoms with van der Waals surface area (Å²) in [5.74, 6) is -0.734. The molecule has 1 N–H and O–H groups in total. The summed E-state index contributed by atoms with van der Waals surface area (Å²) in [5, 5.41) is 3.53. The van der Waals surface area contributed by atoms with E-state index in [9.17, 15) is 14.0 Å². The third kappa shape index (κ3) is 4.23. The summed E-state index contributed by atoms with van der Waals surface area (Å²) in [6, 6.07) is 17.2. The first kappa shape index (κ1) is 19.4. The predicted molar refractivity (Wildman–Crippen MR) is 114 cm³/mol. The van der Waals surface area contributed by atoms with Gasteiger partial charge in [-0.15, -0.1) is 11.3 Å². The van der Waals surface area contributed by atoms with Crippen LogP contribution in [-0.4, -0.2) is 10.5 Å². The number of amides is 1. The van der Waals surface area contributed by atoms with Gasteiger partial charge in [-0.3, -0.25) is 9.59 Å². The Kier molecular flexibility index (Phi) is 5.47. The summed E-state index contributed by atoms with van der Waals surface area (Å²) >= 11 is 7.25. The van der Waals surface area contributed by atoms with Crippen molar-refractivity contribution in [1.29, 1.82) is 0 Å². The van der Waals surface area contributed by atoms with Crippen molar-refractivity contribution in [2.45, 2.75) is 13.1 Å². The summed E-state index contributed by atoms with van der Waals surface area (Å²) in [4.78, 5) is 25.8. The van der Waals surface area contributed by atoms with E-state index >= 15 is 0 Å². The van der Waals surface area contributed by atoms with Gasteiger partial charge in [-0.05, 0) is 35.4 Å². The van der Waals surface area contributed by atoms with Crippen LogP contribution >= 0.6 is 22.9 Å². The molecule has 0 atom stereocenters. The minimum Gasteiger partial charge on any atom is -0.347 e. The lowest BCUT2D eigenvalue weighted by Gasteiger charge is -2.05. The number of halogens is 2. The second-order valence-electron chi connectivity index (χ2n) is 6.54. The highest BCUT2D eigenvalue weighted by molar-refractivity contribution is 7.20. The maximum Gasteiger partial charge on any atom is 0.261 e. The summed E-state index contributed by atoms with van der Waals surface area (Å²) in [5.41, 5.74) is 1.51. The molecule has 2 aromatic carbocycles. The molecule has 7 heteroatoms. The molecule has 0 fully saturated rings. The van der Waals surface area contributed by atoms with Gasteiger partial charge in [0, 0.05) is 22.5 Å². The normalized spacial score (nSPS) is 11.0. The number of carbonyl (C=O) groups excluding carboxylic acids is 1. The SMILES string of the molecule is O=C(NCc1ccc(F)cc1Cl)c1cc2c(=O)n(Cc3ccccc3)ccc2s1. The molecule has 0 saturated carbocycles. The summed E-state index contributed by atoms with van der Waals surface area (Å²) in [7, 11) is 0. The maximum absolute atomic E-state index is 13.1. The Morgan fingerprint density at radius 1 is 1.10 bits per heavy atom. The van der Waals surface area contributed by atoms with Gasteiger partial charge in [0.15, 0.2) is 0 Å². The number of benzene rings is 2. The van der Waals surface area contributed by atoms with Crippen LogP contribution in [0.5, 0.6) is 0 Å². The molecule has 2 heterocycles. The van der Waals surface area contributed by atoms with E-state index in [2.05, 4.69) is 5.32 Å². The Balaban J connectivity index is 1.54. The molecule has 0 spiro atoms. The molecule has 1 amide bonds. The Hall–Kier alpha value is -2.96. The fourth-order valence-electron chi connectivity index (χ4n) is 3.02. The fraction of sp³-hybridized carbons (Fsp3) is 0.0909. The van der Waals surface area contributed by atoms with E-state index in [1.807, 2.05) is 36.4 Å². The molecule has 0 aliphatic carbocycles. The van der Waals surface area contributed by atoms with E-state index in [1.54, 1.807) is 16.8 Å². The van der Waals surface area contributed by atoms with E-state index in [-0.39, 0.29) is 23.0 Å². The van der Waals surface area contributed by atoms with Gasteiger partial charge >= 0.3 is 0 Å². The molecule has 0 saturated heterocycles. The first-order valence-electron chi connectivity index (χ1n) is 8.90. The number of hydrogen-bond donors (Lipinski definition) is 1. The lowest BCUT2D eigenvalue weighted by Crippen LogP contribution is -2.22. The van der Waals surface area contributed by atoms with Gasteiger partial charge in [0.25, 0.3) is 11.5 Å². The van der Waals surface area contributed by atoms with Crippen molar-refractivity contribution < 1.29 is 9.18 Å². The van der Waals surface area contributed by atoms with Crippen LogP contribution in [-0.2, 0) is 13.1 Å². The monoisotopic (exact) mass is 426 g/mol. The number of fused-ring (bicyclic) bond motifs is 1. The van der Waals surface area contributed by atoms with E-state index in [4.69, 9.17) is 11.6 Å². The highest BCUT2D eigenvalue weighted by Gasteiger charge is 2.14. The molecule has 0 aliphatic heterocycles. The van der Waals surface area contributed by atoms with Crippen LogP contribution < -0.4 is 10.9 Å². The average molecular weight is 427 g/mol. The van der Waals surface area contributed by atoms with Gasteiger partial charge in [0.1, 0.15) is 5.82 Å². The van der Waals surface area contributed by atoms with Crippen molar-refractivity contribution in [2.24, 2.45) is 0 Å². The maximum atomic E-state index is 13.1. The topological polar surface area (TPSA) is 51.1 Å². The van der Waals surface area contributed by atoms with Crippen molar-refractivity contribution >= 4 is 38.9 Å². The van der Waals surface area contributed by atoms with Crippen molar-refractivity contribution in [1.82, 2.24) is 9.88 Å². The first-order chi connectivity index (χ1) is 14.0. The van der Waals surface area contributed by atoms with Crippen molar-refractivity contribution in [3.63, 3.8) is 0 Å². The molecule has 29 heavy (non-hydrogen) atoms. The molecular formula is C22H16ClFN2O2S. The van der Waals surface area contributed by atoms with Gasteiger partial charge in [-0.25, -0.2) is 4.39 Å². The predicted octanol–water partition coefficient (Wildman–Crippen LogP) is 4.83. The highest BCUT2D eigenvalue weighted by Crippen LogP contribution is 2.23. The van der Waals surface area contributed by atoms with Gasteiger partial charge < -0.3 is 9.88 Å². The standard InChI is InChI=1S/C22H16ClFN2O2S/c23-18-10-16(24)7-6-15(18)12-25-21(27)20-11-17-19(29-20)8-9-26(22(17)28)13-14-4-2-1-3-5-14/h1-11H,12-13H2,(H,25,27). The molecule has 0 aliphatic rings. The molecule has 2 aromatic heterocycles. The number of nitrogens with zero attached hydrogens (tertiary/aromatic N) is 1. The van der Waals surface area contributed by atoms with E-state index in [0.717, 1.165) is 10.3 Å². The minimum atomic E-state index is -0.429. The van der Waals surface area contributed by atoms with Gasteiger partial charge in [0.2, 0.25) is 0 Å². The highest BCUT2D eigenvalue weighted by atomic mass is 35.5. The van der Waals surface area contributed by atoms with Crippen molar-refractivity contribution in [2.75, 3.05) is 0 Å². The number of hydrogen-bond acceptors (Lipinski definition) is 3. The molecule has 4 nitrogen and oxygen atoms in total. The quantitative estimate of drug-likeness (QED) is 0.496. The van der Waals surface area contributed by atoms with Crippen LogP contribution in [0.15, 0.2) is 71.7 Å². The molecule has 4 aromatic rings. The molecule has 0 bridgehead atoms. The van der Waals surface area contributed by atoms with Crippen LogP contribution in [0.25, 0.3) is 10.1 Å². The minimum absolute atomic E-state index is 0.136. The molecule has 0 radical (unpaired) electrons. The average Bonchev–Trinajstić information content (AvgIpc) is 3.15. The number of nitrogens with one attached hydrogen (secondary N) is 1. The van der Waals surface area contributed by atoms with Crippen LogP contribution in [0.4, 0.5) is 4.39 Å². The van der Waals surface area contributed by atoms with Crippen LogP contribution in [0, 0.1) is 5.82 Å². The molecular weight excluding hydrogens is 411 g/mol. The lowest BCUT2D eigenvalue weighted by molar-refractivity contribution is 0.0955. The van der Waals surface area contributed by atoms with Gasteiger partial charge in [-0.1, -0.05) is 48.0 Å². The zero-order valence-corrected chi connectivity index (χ0v) is 16.8. The Bertz CT molecular complexity index is 1250. The van der Waals surface area contributed by atoms with Gasteiger partial charge in [0.05, 0.1) is 16.8 Å². The number of rotatable bonds is 5. The second-order valence-corrected chi connectivity index (χ2v) is 8.03. The Morgan fingerprint density at radius 3 is 2.66 bits per heavy atom. The van der Waals surface area contributed by atoms with E-state index in [0.29, 0.717) is 22.4 Å². The van der Waals surface area contributed by atoms with Crippen LogP contribution in [0.1, 0.15) is 20.8 Å². The fourth-order valence-corrected chi connectivity index (χ4v) is 4.22. The largest absolute Gasteiger partial charge is 0.347 e. The number of aromatic nitrogens is 1. The van der Waals surface area contributed by atoms with Crippen molar-refractivity contribution in [3.05, 3.63) is 104 Å². The smallest absolute Gasteiger partial charge is 0.261 e. The van der Waals surface area contributed by atoms with E-state index < -0.39 is 5.82 Å². The summed E-state index contributed by atoms with van der Waals surface area (Å²) in [6.07, 6.45) is 1.74. The molecule has 0 unspecified atom stereocenters. The van der Waals surface area contributed by atoms with Crippen LogP contribution in [0.3, 0.4) is 0 Å². The molecule has 146 valence electrons. The lowest BCUT2D eigenvalue weighted by atomic mass is 10.2. The number of thiophene rings is 1. The second kappa shape index (κ2) is 8.19. The zero-order chi connectivity index (χ0) is 20.4. The zero-order valence-electron chi connectivity index (χ0n) is 15.2. The number of carbonyl (C=O) groups is 1. The van der Waals surface area contributed by atoms with Crippen LogP contribution in [0.2, 0.25) is 5.02 Å². The Labute approximate surface area is 175 Å². The van der Waals surface area contributed by atoms with E-state index in [1.165, 1.54) is 29.5 Å². The third-order valence-electron chi connectivity index (χ3n) is 4.53. The van der Waals surface area contributed by atoms with Gasteiger partial charge in [-0.2, -0.15) is 0 Å². The summed E-state index contributed by atoms with van der Waals surface area (Å²) in [6.45, 7) is 0.639. The summed E-state index contributed by atoms with van der Waals surface area (Å²) < 4.78 is 15.5. The number of pyridine rings is 1. The molecule has 4 rings (SSSR count). The first-order valence-corrected chi connectivity index (χ1v) is 10.1. The third-order valence-corrected chi connectivity index (χ3v) is 5.98.